The minimum atomic E-state index is -0.0186. The third-order valence-corrected chi connectivity index (χ3v) is 4.78. The third kappa shape index (κ3) is 4.26. The molecule has 2 rings (SSSR count). The molecule has 3 atom stereocenters. The van der Waals surface area contributed by atoms with Gasteiger partial charge in [0.05, 0.1) is 6.10 Å². The van der Waals surface area contributed by atoms with E-state index >= 15 is 0 Å². The highest BCUT2D eigenvalue weighted by atomic mass is 16.3. The lowest BCUT2D eigenvalue weighted by Gasteiger charge is -2.22. The zero-order valence-electron chi connectivity index (χ0n) is 11.5. The van der Waals surface area contributed by atoms with E-state index in [1.807, 2.05) is 0 Å². The summed E-state index contributed by atoms with van der Waals surface area (Å²) in [4.78, 5) is 0. The van der Waals surface area contributed by atoms with E-state index in [0.29, 0.717) is 5.41 Å². The van der Waals surface area contributed by atoms with Gasteiger partial charge in [-0.2, -0.15) is 0 Å². The summed E-state index contributed by atoms with van der Waals surface area (Å²) < 4.78 is 0. The molecule has 2 heteroatoms. The number of aliphatic hydroxyl groups excluding tert-OH is 1. The van der Waals surface area contributed by atoms with Crippen LogP contribution in [0.15, 0.2) is 0 Å². The van der Waals surface area contributed by atoms with Crippen LogP contribution < -0.4 is 5.32 Å². The molecule has 0 heterocycles. The minimum absolute atomic E-state index is 0.0186. The van der Waals surface area contributed by atoms with Crippen molar-refractivity contribution in [3.8, 4) is 0 Å². The first-order valence-electron chi connectivity index (χ1n) is 7.47. The highest BCUT2D eigenvalue weighted by Crippen LogP contribution is 2.34. The van der Waals surface area contributed by atoms with Crippen LogP contribution in [0.2, 0.25) is 0 Å². The first-order chi connectivity index (χ1) is 8.05. The molecule has 0 radical (unpaired) electrons. The maximum atomic E-state index is 9.52. The topological polar surface area (TPSA) is 32.3 Å². The molecule has 0 bridgehead atoms. The number of hydrogen-bond donors (Lipinski definition) is 2. The molecule has 0 aromatic carbocycles. The van der Waals surface area contributed by atoms with Crippen LogP contribution in [0.1, 0.15) is 65.2 Å². The number of hydrogen-bond acceptors (Lipinski definition) is 2. The van der Waals surface area contributed by atoms with Crippen molar-refractivity contribution in [1.29, 1.82) is 0 Å². The van der Waals surface area contributed by atoms with Crippen molar-refractivity contribution >= 4 is 0 Å². The Morgan fingerprint density at radius 2 is 1.94 bits per heavy atom. The smallest absolute Gasteiger partial charge is 0.0543 e. The maximum absolute atomic E-state index is 9.52. The van der Waals surface area contributed by atoms with Gasteiger partial charge in [-0.05, 0) is 62.8 Å². The fourth-order valence-electron chi connectivity index (χ4n) is 3.43. The first kappa shape index (κ1) is 13.4. The standard InChI is InChI=1S/C15H29NO/c1-15(2)8-3-4-13(7-9-15)16-11-12-5-6-14(17)10-12/h12-14,16-17H,3-11H2,1-2H3. The Kier molecular flexibility index (Phi) is 4.48. The van der Waals surface area contributed by atoms with Gasteiger partial charge in [-0.25, -0.2) is 0 Å². The van der Waals surface area contributed by atoms with E-state index in [4.69, 9.17) is 0 Å². The molecule has 0 amide bonds. The molecule has 0 spiro atoms. The summed E-state index contributed by atoms with van der Waals surface area (Å²) in [7, 11) is 0. The summed E-state index contributed by atoms with van der Waals surface area (Å²) in [6.07, 6.45) is 10.0. The van der Waals surface area contributed by atoms with Gasteiger partial charge >= 0.3 is 0 Å². The Balaban J connectivity index is 1.69. The Morgan fingerprint density at radius 1 is 1.12 bits per heavy atom. The van der Waals surface area contributed by atoms with Gasteiger partial charge in [0.15, 0.2) is 0 Å². The van der Waals surface area contributed by atoms with E-state index in [1.54, 1.807) is 0 Å². The molecular formula is C15H29NO. The van der Waals surface area contributed by atoms with Crippen molar-refractivity contribution in [3.63, 3.8) is 0 Å². The first-order valence-corrected chi connectivity index (χ1v) is 7.47. The Bertz CT molecular complexity index is 239. The average molecular weight is 239 g/mol. The highest BCUT2D eigenvalue weighted by molar-refractivity contribution is 4.82. The van der Waals surface area contributed by atoms with E-state index in [2.05, 4.69) is 19.2 Å². The van der Waals surface area contributed by atoms with Crippen LogP contribution in [0, 0.1) is 11.3 Å². The Morgan fingerprint density at radius 3 is 2.65 bits per heavy atom. The van der Waals surface area contributed by atoms with Crippen LogP contribution in [0.3, 0.4) is 0 Å². The van der Waals surface area contributed by atoms with Crippen molar-refractivity contribution in [2.45, 2.75) is 77.4 Å². The van der Waals surface area contributed by atoms with Gasteiger partial charge in [0.1, 0.15) is 0 Å². The largest absolute Gasteiger partial charge is 0.393 e. The van der Waals surface area contributed by atoms with Gasteiger partial charge in [0.2, 0.25) is 0 Å². The molecule has 3 unspecified atom stereocenters. The van der Waals surface area contributed by atoms with Crippen molar-refractivity contribution < 1.29 is 5.11 Å². The normalized spacial score (nSPS) is 37.9. The average Bonchev–Trinajstić information content (AvgIpc) is 2.59. The van der Waals surface area contributed by atoms with Crippen LogP contribution in [0.25, 0.3) is 0 Å². The molecule has 2 fully saturated rings. The molecule has 2 N–H and O–H groups in total. The second-order valence-corrected chi connectivity index (χ2v) is 7.03. The van der Waals surface area contributed by atoms with Gasteiger partial charge in [0, 0.05) is 6.04 Å². The number of rotatable bonds is 3. The second kappa shape index (κ2) is 5.71. The minimum Gasteiger partial charge on any atom is -0.393 e. The molecular weight excluding hydrogens is 210 g/mol. The van der Waals surface area contributed by atoms with Gasteiger partial charge in [-0.15, -0.1) is 0 Å². The number of nitrogens with one attached hydrogen (secondary N) is 1. The molecule has 0 aromatic heterocycles. The SMILES string of the molecule is CC1(C)CCCC(NCC2CCC(O)C2)CC1. The van der Waals surface area contributed by atoms with Gasteiger partial charge in [-0.3, -0.25) is 0 Å². The van der Waals surface area contributed by atoms with Crippen molar-refractivity contribution in [2.75, 3.05) is 6.54 Å². The maximum Gasteiger partial charge on any atom is 0.0543 e. The lowest BCUT2D eigenvalue weighted by Crippen LogP contribution is -2.32. The third-order valence-electron chi connectivity index (χ3n) is 4.78. The number of aliphatic hydroxyl groups is 1. The van der Waals surface area contributed by atoms with E-state index in [9.17, 15) is 5.11 Å². The van der Waals surface area contributed by atoms with E-state index in [1.165, 1.54) is 38.5 Å². The molecule has 2 saturated carbocycles. The predicted molar refractivity (Wildman–Crippen MR) is 72.0 cm³/mol. The monoisotopic (exact) mass is 239 g/mol. The van der Waals surface area contributed by atoms with Crippen LogP contribution in [-0.4, -0.2) is 23.8 Å². The fraction of sp³-hybridized carbons (Fsp3) is 1.00. The molecule has 0 aromatic rings. The Hall–Kier alpha value is -0.0800. The van der Waals surface area contributed by atoms with Crippen molar-refractivity contribution in [1.82, 2.24) is 5.32 Å². The van der Waals surface area contributed by atoms with E-state index in [0.717, 1.165) is 31.3 Å². The summed E-state index contributed by atoms with van der Waals surface area (Å²) in [5, 5.41) is 13.3. The lowest BCUT2D eigenvalue weighted by atomic mass is 9.85. The van der Waals surface area contributed by atoms with Gasteiger partial charge in [-0.1, -0.05) is 20.3 Å². The Labute approximate surface area is 106 Å². The summed E-state index contributed by atoms with van der Waals surface area (Å²) in [5.74, 6) is 0.723. The second-order valence-electron chi connectivity index (χ2n) is 7.03. The predicted octanol–water partition coefficient (Wildman–Crippen LogP) is 3.10. The van der Waals surface area contributed by atoms with Gasteiger partial charge in [0.25, 0.3) is 0 Å². The molecule has 17 heavy (non-hydrogen) atoms. The fourth-order valence-corrected chi connectivity index (χ4v) is 3.43. The summed E-state index contributed by atoms with van der Waals surface area (Å²) >= 11 is 0. The van der Waals surface area contributed by atoms with Crippen LogP contribution in [-0.2, 0) is 0 Å². The summed E-state index contributed by atoms with van der Waals surface area (Å²) in [5.41, 5.74) is 0.556. The molecule has 0 saturated heterocycles. The van der Waals surface area contributed by atoms with E-state index < -0.39 is 0 Å². The van der Waals surface area contributed by atoms with E-state index in [-0.39, 0.29) is 6.10 Å². The molecule has 0 aliphatic heterocycles. The van der Waals surface area contributed by atoms with Crippen LogP contribution in [0.5, 0.6) is 0 Å². The molecule has 2 aliphatic carbocycles. The van der Waals surface area contributed by atoms with Crippen LogP contribution >= 0.6 is 0 Å². The highest BCUT2D eigenvalue weighted by Gasteiger charge is 2.26. The molecule has 2 aliphatic rings. The molecule has 100 valence electrons. The lowest BCUT2D eigenvalue weighted by molar-refractivity contribution is 0.177. The van der Waals surface area contributed by atoms with Crippen molar-refractivity contribution in [3.05, 3.63) is 0 Å². The molecule has 2 nitrogen and oxygen atoms in total. The quantitative estimate of drug-likeness (QED) is 0.742. The summed E-state index contributed by atoms with van der Waals surface area (Å²) in [6, 6.07) is 0.731. The summed E-state index contributed by atoms with van der Waals surface area (Å²) in [6.45, 7) is 5.94. The zero-order valence-corrected chi connectivity index (χ0v) is 11.5. The van der Waals surface area contributed by atoms with Crippen molar-refractivity contribution in [2.24, 2.45) is 11.3 Å². The van der Waals surface area contributed by atoms with Crippen LogP contribution in [0.4, 0.5) is 0 Å². The zero-order chi connectivity index (χ0) is 12.3. The van der Waals surface area contributed by atoms with Gasteiger partial charge < -0.3 is 10.4 Å².